The van der Waals surface area contributed by atoms with Gasteiger partial charge in [-0.15, -0.1) is 0 Å². The summed E-state index contributed by atoms with van der Waals surface area (Å²) in [5, 5.41) is 13.8. The Kier molecular flexibility index (Phi) is 6.59. The number of nitrogens with zero attached hydrogens (tertiary/aromatic N) is 6. The molecule has 2 aromatic heterocycles. The number of amidine groups is 1. The van der Waals surface area contributed by atoms with Crippen molar-refractivity contribution in [2.24, 2.45) is 0 Å². The van der Waals surface area contributed by atoms with E-state index in [1.54, 1.807) is 52.3 Å². The van der Waals surface area contributed by atoms with E-state index in [-0.39, 0.29) is 41.4 Å². The van der Waals surface area contributed by atoms with Crippen LogP contribution in [0.25, 0.3) is 5.65 Å². The van der Waals surface area contributed by atoms with Crippen LogP contribution in [-0.4, -0.2) is 65.5 Å². The summed E-state index contributed by atoms with van der Waals surface area (Å²) < 4.78 is 14.5. The lowest BCUT2D eigenvalue weighted by molar-refractivity contribution is -0.0000119. The molecule has 2 aliphatic heterocycles. The van der Waals surface area contributed by atoms with Crippen molar-refractivity contribution in [3.05, 3.63) is 75.9 Å². The minimum absolute atomic E-state index is 0. The third-order valence-corrected chi connectivity index (χ3v) is 6.05. The van der Waals surface area contributed by atoms with E-state index in [1.807, 2.05) is 14.1 Å². The van der Waals surface area contributed by atoms with Crippen molar-refractivity contribution in [2.45, 2.75) is 6.42 Å². The second-order valence-corrected chi connectivity index (χ2v) is 8.70. The van der Waals surface area contributed by atoms with Crippen molar-refractivity contribution in [1.82, 2.24) is 24.6 Å². The van der Waals surface area contributed by atoms with Crippen LogP contribution in [0.3, 0.4) is 0 Å². The third-order valence-electron chi connectivity index (χ3n) is 6.05. The molecule has 10 nitrogen and oxygen atoms in total. The molecule has 4 heterocycles. The maximum Gasteiger partial charge on any atom is 0.351 e. The fourth-order valence-corrected chi connectivity index (χ4v) is 4.07. The summed E-state index contributed by atoms with van der Waals surface area (Å²) in [6.07, 6.45) is 3.60. The molecule has 2 N–H and O–H groups in total. The number of halogens is 2. The zero-order valence-corrected chi connectivity index (χ0v) is 20.6. The number of aromatic nitrogens is 2. The van der Waals surface area contributed by atoms with Gasteiger partial charge in [0.2, 0.25) is 11.4 Å². The second kappa shape index (κ2) is 9.50. The van der Waals surface area contributed by atoms with Gasteiger partial charge in [-0.2, -0.15) is 0 Å². The number of anilines is 2. The minimum Gasteiger partial charge on any atom is -1.00 e. The van der Waals surface area contributed by atoms with E-state index in [2.05, 4.69) is 15.3 Å². The van der Waals surface area contributed by atoms with Crippen LogP contribution in [0.1, 0.15) is 11.3 Å². The number of pyridine rings is 1. The van der Waals surface area contributed by atoms with E-state index in [0.29, 0.717) is 36.6 Å². The largest absolute Gasteiger partial charge is 1.00 e. The first-order valence-electron chi connectivity index (χ1n) is 11.0. The smallest absolute Gasteiger partial charge is 0.351 e. The first-order valence-corrected chi connectivity index (χ1v) is 11.0. The Morgan fingerprint density at radius 1 is 1.19 bits per heavy atom. The number of aliphatic imine (C=N–C) groups is 1. The molecule has 1 aromatic carbocycles. The SMILES string of the molecule is CN1CCN(c2cc(N(C)C)cn3c(=O)c(O)c(C4=[N+]C=C(Cc5ccc(F)cc5)N4)nc23)C1=O.[Cl-]. The highest BCUT2D eigenvalue weighted by Gasteiger charge is 2.33. The van der Waals surface area contributed by atoms with Crippen molar-refractivity contribution in [3.8, 4) is 5.75 Å². The standard InChI is InChI=1S/C24H24FN7O3.ClH/c1-29(2)17-11-18(31-9-8-30(3)24(31)35)22-28-19(20(33)23(34)32(22)13-17)21-26-12-16(27-21)10-14-4-6-15(25)7-5-14;/h4-7,11-13,27,33H,8-10H2,1-3H3;1H/q+1;/p-1. The summed E-state index contributed by atoms with van der Waals surface area (Å²) in [4.78, 5) is 39.8. The molecule has 3 aromatic rings. The number of carbonyl (C=O) groups is 1. The molecular weight excluding hydrogens is 489 g/mol. The number of fused-ring (bicyclic) bond motifs is 1. The summed E-state index contributed by atoms with van der Waals surface area (Å²) in [6.45, 7) is 0.980. The first kappa shape index (κ1) is 25.0. The van der Waals surface area contributed by atoms with Crippen LogP contribution in [0.2, 0.25) is 0 Å². The molecule has 36 heavy (non-hydrogen) atoms. The first-order chi connectivity index (χ1) is 16.7. The van der Waals surface area contributed by atoms with E-state index in [0.717, 1.165) is 5.56 Å². The maximum atomic E-state index is 13.2. The van der Waals surface area contributed by atoms with Gasteiger partial charge in [0, 0.05) is 46.9 Å². The molecule has 2 amide bonds. The number of amides is 2. The zero-order chi connectivity index (χ0) is 24.9. The van der Waals surface area contributed by atoms with Crippen LogP contribution in [-0.2, 0) is 6.42 Å². The topological polar surface area (TPSA) is 108 Å². The molecule has 0 bridgehead atoms. The lowest BCUT2D eigenvalue weighted by Crippen LogP contribution is -3.00. The van der Waals surface area contributed by atoms with Crippen molar-refractivity contribution in [1.29, 1.82) is 0 Å². The average molecular weight is 513 g/mol. The van der Waals surface area contributed by atoms with Gasteiger partial charge in [0.25, 0.3) is 0 Å². The van der Waals surface area contributed by atoms with Gasteiger partial charge >= 0.3 is 17.4 Å². The summed E-state index contributed by atoms with van der Waals surface area (Å²) >= 11 is 0. The lowest BCUT2D eigenvalue weighted by Gasteiger charge is -2.21. The molecule has 0 spiro atoms. The number of hydrogen-bond acceptors (Lipinski definition) is 7. The van der Waals surface area contributed by atoms with Crippen LogP contribution in [0.15, 0.2) is 53.2 Å². The molecular formula is C24H24ClFN7O3. The summed E-state index contributed by atoms with van der Waals surface area (Å²) in [6, 6.07) is 7.70. The molecule has 1 fully saturated rings. The molecule has 2 aliphatic rings. The van der Waals surface area contributed by atoms with E-state index in [4.69, 9.17) is 0 Å². The Labute approximate surface area is 212 Å². The molecule has 5 rings (SSSR count). The molecule has 187 valence electrons. The van der Waals surface area contributed by atoms with E-state index >= 15 is 0 Å². The molecule has 1 saturated heterocycles. The van der Waals surface area contributed by atoms with Gasteiger partial charge in [-0.3, -0.25) is 14.1 Å². The Morgan fingerprint density at radius 2 is 1.92 bits per heavy atom. The Bertz CT molecular complexity index is 1470. The number of carbonyl (C=O) groups excluding carboxylic acids is 1. The monoisotopic (exact) mass is 512 g/mol. The predicted molar refractivity (Wildman–Crippen MR) is 130 cm³/mol. The fraction of sp³-hybridized carbons (Fsp3) is 0.250. The molecule has 1 radical (unpaired) electrons. The molecule has 0 saturated carbocycles. The zero-order valence-electron chi connectivity index (χ0n) is 19.9. The molecule has 0 unspecified atom stereocenters. The van der Waals surface area contributed by atoms with Gasteiger partial charge in [-0.05, 0) is 28.8 Å². The number of hydrogen-bond donors (Lipinski definition) is 2. The number of urea groups is 1. The molecule has 0 atom stereocenters. The molecule has 12 heteroatoms. The van der Waals surface area contributed by atoms with E-state index < -0.39 is 11.3 Å². The highest BCUT2D eigenvalue weighted by molar-refractivity contribution is 6.03. The quantitative estimate of drug-likeness (QED) is 0.420. The van der Waals surface area contributed by atoms with Crippen molar-refractivity contribution in [2.75, 3.05) is 44.0 Å². The van der Waals surface area contributed by atoms with Gasteiger partial charge in [0.05, 0.1) is 11.4 Å². The van der Waals surface area contributed by atoms with Gasteiger partial charge in [-0.25, -0.2) is 19.5 Å². The van der Waals surface area contributed by atoms with Crippen LogP contribution >= 0.6 is 0 Å². The van der Waals surface area contributed by atoms with Gasteiger partial charge in [0.15, 0.2) is 11.8 Å². The normalized spacial score (nSPS) is 15.1. The summed E-state index contributed by atoms with van der Waals surface area (Å²) in [5.74, 6) is -0.663. The predicted octanol–water partition coefficient (Wildman–Crippen LogP) is -1.75. The van der Waals surface area contributed by atoms with Crippen molar-refractivity contribution >= 4 is 28.9 Å². The Balaban J connectivity index is 0.00000304. The second-order valence-electron chi connectivity index (χ2n) is 8.70. The average Bonchev–Trinajstić information content (AvgIpc) is 3.43. The number of nitrogens with one attached hydrogen (secondary N) is 1. The van der Waals surface area contributed by atoms with E-state index in [9.17, 15) is 19.1 Å². The number of rotatable bonds is 5. The number of likely N-dealkylation sites (N-methyl/N-ethyl adjacent to an activating group) is 1. The minimum atomic E-state index is -0.675. The lowest BCUT2D eigenvalue weighted by atomic mass is 10.1. The highest BCUT2D eigenvalue weighted by atomic mass is 35.5. The fourth-order valence-electron chi connectivity index (χ4n) is 4.07. The van der Waals surface area contributed by atoms with Gasteiger partial charge in [0.1, 0.15) is 11.5 Å². The van der Waals surface area contributed by atoms with Crippen LogP contribution in [0.4, 0.5) is 20.6 Å². The van der Waals surface area contributed by atoms with Crippen molar-refractivity contribution in [3.63, 3.8) is 0 Å². The summed E-state index contributed by atoms with van der Waals surface area (Å²) in [5.41, 5.74) is 2.24. The third kappa shape index (κ3) is 4.33. The van der Waals surface area contributed by atoms with E-state index in [1.165, 1.54) is 16.5 Å². The van der Waals surface area contributed by atoms with Gasteiger partial charge in [-0.1, -0.05) is 12.1 Å². The Morgan fingerprint density at radius 3 is 2.56 bits per heavy atom. The number of allylic oxidation sites excluding steroid dienone is 1. The van der Waals surface area contributed by atoms with Gasteiger partial charge < -0.3 is 27.3 Å². The summed E-state index contributed by atoms with van der Waals surface area (Å²) in [7, 11) is 5.35. The number of benzene rings is 1. The van der Waals surface area contributed by atoms with Crippen LogP contribution in [0, 0.1) is 5.82 Å². The van der Waals surface area contributed by atoms with Crippen LogP contribution in [0.5, 0.6) is 5.75 Å². The Hall–Kier alpha value is -4.12. The highest BCUT2D eigenvalue weighted by Crippen LogP contribution is 2.29. The van der Waals surface area contributed by atoms with Crippen LogP contribution < -0.4 is 38.1 Å². The molecule has 0 aliphatic carbocycles. The van der Waals surface area contributed by atoms with Crippen molar-refractivity contribution < 1.29 is 26.7 Å². The maximum absolute atomic E-state index is 13.2. The number of aromatic hydroxyl groups is 1.